The van der Waals surface area contributed by atoms with Gasteiger partial charge in [-0.05, 0) is 30.2 Å². The molecule has 0 aromatic heterocycles. The van der Waals surface area contributed by atoms with Crippen molar-refractivity contribution < 1.29 is 19.4 Å². The molecule has 1 aliphatic heterocycles. The quantitative estimate of drug-likeness (QED) is 0.768. The zero-order chi connectivity index (χ0) is 12.3. The van der Waals surface area contributed by atoms with Crippen LogP contribution in [-0.2, 0) is 11.2 Å². The minimum Gasteiger partial charge on any atom is -0.491 e. The number of ether oxygens (including phenoxy) is 2. The van der Waals surface area contributed by atoms with Gasteiger partial charge in [-0.15, -0.1) is 0 Å². The van der Waals surface area contributed by atoms with Crippen molar-refractivity contribution in [1.82, 2.24) is 0 Å². The number of carbonyl (C=O) groups is 1. The van der Waals surface area contributed by atoms with Crippen molar-refractivity contribution in [2.45, 2.75) is 25.9 Å². The summed E-state index contributed by atoms with van der Waals surface area (Å²) in [6.45, 7) is 3.36. The van der Waals surface area contributed by atoms with Crippen LogP contribution in [0.3, 0.4) is 0 Å². The number of hydrogen-bond acceptors (Lipinski definition) is 3. The van der Waals surface area contributed by atoms with Crippen molar-refractivity contribution in [3.63, 3.8) is 0 Å². The van der Waals surface area contributed by atoms with Crippen molar-refractivity contribution >= 4 is 5.97 Å². The topological polar surface area (TPSA) is 59.1 Å². The van der Waals surface area contributed by atoms with E-state index in [-0.39, 0.29) is 6.10 Å². The van der Waals surface area contributed by atoms with Gasteiger partial charge in [0.25, 0.3) is 0 Å². The van der Waals surface area contributed by atoms with Gasteiger partial charge in [0.1, 0.15) is 18.5 Å². The first kappa shape index (κ1) is 11.9. The molecule has 1 unspecified atom stereocenters. The zero-order valence-corrected chi connectivity index (χ0v) is 9.81. The number of carboxylic acid groups (broad SMARTS) is 1. The van der Waals surface area contributed by atoms with Gasteiger partial charge in [-0.1, -0.05) is 13.3 Å². The predicted molar refractivity (Wildman–Crippen MR) is 62.6 cm³/mol. The molecule has 4 heteroatoms. The van der Waals surface area contributed by atoms with E-state index in [1.54, 1.807) is 18.2 Å². The summed E-state index contributed by atoms with van der Waals surface area (Å²) < 4.78 is 10.7. The van der Waals surface area contributed by atoms with Gasteiger partial charge >= 0.3 is 5.97 Å². The fraction of sp³-hybridized carbons (Fsp3) is 0.462. The van der Waals surface area contributed by atoms with Gasteiger partial charge < -0.3 is 14.6 Å². The summed E-state index contributed by atoms with van der Waals surface area (Å²) >= 11 is 0. The Balaban J connectivity index is 2.13. The van der Waals surface area contributed by atoms with Crippen LogP contribution < -0.4 is 4.74 Å². The van der Waals surface area contributed by atoms with Gasteiger partial charge in [-0.2, -0.15) is 0 Å². The third-order valence-electron chi connectivity index (χ3n) is 2.65. The minimum absolute atomic E-state index is 0.212. The lowest BCUT2D eigenvalue weighted by Crippen LogP contribution is -2.07. The molecule has 1 heterocycles. The van der Waals surface area contributed by atoms with Crippen LogP contribution in [0.2, 0.25) is 0 Å². The van der Waals surface area contributed by atoms with E-state index < -0.39 is 5.97 Å². The van der Waals surface area contributed by atoms with Gasteiger partial charge in [-0.3, -0.25) is 0 Å². The van der Waals surface area contributed by atoms with Crippen molar-refractivity contribution in [2.75, 3.05) is 13.2 Å². The highest BCUT2D eigenvalue weighted by molar-refractivity contribution is 5.88. The lowest BCUT2D eigenvalue weighted by molar-refractivity contribution is 0.0696. The van der Waals surface area contributed by atoms with Gasteiger partial charge in [0.15, 0.2) is 0 Å². The molecule has 0 aliphatic carbocycles. The number of benzene rings is 1. The Labute approximate surface area is 100 Å². The normalized spacial score (nSPS) is 17.8. The van der Waals surface area contributed by atoms with Gasteiger partial charge in [-0.25, -0.2) is 4.79 Å². The molecule has 1 N–H and O–H groups in total. The second-order valence-corrected chi connectivity index (χ2v) is 4.14. The Morgan fingerprint density at radius 1 is 1.59 bits per heavy atom. The Hall–Kier alpha value is -1.55. The number of rotatable bonds is 6. The third kappa shape index (κ3) is 3.20. The highest BCUT2D eigenvalue weighted by Gasteiger charge is 2.23. The molecule has 0 radical (unpaired) electrons. The lowest BCUT2D eigenvalue weighted by Gasteiger charge is -2.10. The number of epoxide rings is 1. The molecule has 1 saturated heterocycles. The highest BCUT2D eigenvalue weighted by atomic mass is 16.6. The van der Waals surface area contributed by atoms with Crippen LogP contribution in [0.5, 0.6) is 5.75 Å². The number of carboxylic acids is 1. The SMILES string of the molecule is CCCc1cc(C(=O)O)ccc1OCC1CO1. The van der Waals surface area contributed by atoms with E-state index in [2.05, 4.69) is 6.92 Å². The lowest BCUT2D eigenvalue weighted by atomic mass is 10.1. The van der Waals surface area contributed by atoms with Gasteiger partial charge in [0, 0.05) is 0 Å². The Morgan fingerprint density at radius 2 is 2.35 bits per heavy atom. The molecule has 1 aliphatic rings. The predicted octanol–water partition coefficient (Wildman–Crippen LogP) is 2.11. The summed E-state index contributed by atoms with van der Waals surface area (Å²) in [7, 11) is 0. The fourth-order valence-corrected chi connectivity index (χ4v) is 1.66. The minimum atomic E-state index is -0.903. The first-order valence-corrected chi connectivity index (χ1v) is 5.81. The molecule has 1 aromatic rings. The maximum Gasteiger partial charge on any atom is 0.335 e. The van der Waals surface area contributed by atoms with Gasteiger partial charge in [0.2, 0.25) is 0 Å². The first-order valence-electron chi connectivity index (χ1n) is 5.81. The largest absolute Gasteiger partial charge is 0.491 e. The second kappa shape index (κ2) is 5.19. The van der Waals surface area contributed by atoms with E-state index in [0.717, 1.165) is 30.8 Å². The Bertz CT molecular complexity index is 410. The number of aryl methyl sites for hydroxylation is 1. The van der Waals surface area contributed by atoms with Crippen LogP contribution in [-0.4, -0.2) is 30.4 Å². The number of hydrogen-bond donors (Lipinski definition) is 1. The molecule has 92 valence electrons. The maximum atomic E-state index is 10.9. The average molecular weight is 236 g/mol. The summed E-state index contributed by atoms with van der Waals surface area (Å²) in [5.41, 5.74) is 1.26. The molecule has 2 rings (SSSR count). The van der Waals surface area contributed by atoms with Crippen LogP contribution in [0.25, 0.3) is 0 Å². The number of aromatic carboxylic acids is 1. The highest BCUT2D eigenvalue weighted by Crippen LogP contribution is 2.23. The molecule has 1 aromatic carbocycles. The maximum absolute atomic E-state index is 10.9. The summed E-state index contributed by atoms with van der Waals surface area (Å²) in [6.07, 6.45) is 1.99. The van der Waals surface area contributed by atoms with Crippen LogP contribution in [0.1, 0.15) is 29.3 Å². The van der Waals surface area contributed by atoms with Gasteiger partial charge in [0.05, 0.1) is 12.2 Å². The molecule has 0 spiro atoms. The standard InChI is InChI=1S/C13H16O4/c1-2-3-9-6-10(13(14)15)4-5-12(9)17-8-11-7-16-11/h4-6,11H,2-3,7-8H2,1H3,(H,14,15). The fourth-order valence-electron chi connectivity index (χ4n) is 1.66. The zero-order valence-electron chi connectivity index (χ0n) is 9.81. The van der Waals surface area contributed by atoms with Crippen LogP contribution in [0, 0.1) is 0 Å². The molecular weight excluding hydrogens is 220 g/mol. The third-order valence-corrected chi connectivity index (χ3v) is 2.65. The van der Waals surface area contributed by atoms with E-state index >= 15 is 0 Å². The summed E-state index contributed by atoms with van der Waals surface area (Å²) in [5, 5.41) is 8.94. The molecular formula is C13H16O4. The second-order valence-electron chi connectivity index (χ2n) is 4.14. The van der Waals surface area contributed by atoms with E-state index in [1.165, 1.54) is 0 Å². The van der Waals surface area contributed by atoms with Crippen molar-refractivity contribution in [1.29, 1.82) is 0 Å². The molecule has 0 saturated carbocycles. The van der Waals surface area contributed by atoms with Crippen LogP contribution >= 0.6 is 0 Å². The van der Waals surface area contributed by atoms with E-state index in [9.17, 15) is 4.79 Å². The van der Waals surface area contributed by atoms with E-state index in [1.807, 2.05) is 0 Å². The van der Waals surface area contributed by atoms with E-state index in [0.29, 0.717) is 12.2 Å². The monoisotopic (exact) mass is 236 g/mol. The molecule has 0 bridgehead atoms. The van der Waals surface area contributed by atoms with Crippen molar-refractivity contribution in [3.8, 4) is 5.75 Å². The van der Waals surface area contributed by atoms with Crippen LogP contribution in [0.15, 0.2) is 18.2 Å². The smallest absolute Gasteiger partial charge is 0.335 e. The summed E-state index contributed by atoms with van der Waals surface area (Å²) in [5.74, 6) is -0.133. The van der Waals surface area contributed by atoms with E-state index in [4.69, 9.17) is 14.6 Å². The molecule has 1 fully saturated rings. The Kier molecular flexibility index (Phi) is 3.64. The molecule has 4 nitrogen and oxygen atoms in total. The van der Waals surface area contributed by atoms with Crippen LogP contribution in [0.4, 0.5) is 0 Å². The molecule has 17 heavy (non-hydrogen) atoms. The summed E-state index contributed by atoms with van der Waals surface area (Å²) in [6, 6.07) is 5.00. The van der Waals surface area contributed by atoms with Crippen molar-refractivity contribution in [3.05, 3.63) is 29.3 Å². The van der Waals surface area contributed by atoms with Crippen molar-refractivity contribution in [2.24, 2.45) is 0 Å². The average Bonchev–Trinajstić information content (AvgIpc) is 3.11. The Morgan fingerprint density at radius 3 is 2.94 bits per heavy atom. The molecule has 1 atom stereocenters. The molecule has 0 amide bonds. The first-order chi connectivity index (χ1) is 8.20. The summed E-state index contributed by atoms with van der Waals surface area (Å²) in [4.78, 5) is 10.9.